The minimum absolute atomic E-state index is 0. The zero-order valence-electron chi connectivity index (χ0n) is 11.6. The molecule has 0 aliphatic carbocycles. The lowest BCUT2D eigenvalue weighted by atomic mass is 9.91. The van der Waals surface area contributed by atoms with E-state index < -0.39 is 0 Å². The minimum atomic E-state index is -0.337. The summed E-state index contributed by atoms with van der Waals surface area (Å²) in [6.07, 6.45) is 3.99. The van der Waals surface area contributed by atoms with E-state index in [1.54, 1.807) is 0 Å². The molecule has 1 aliphatic rings. The Morgan fingerprint density at radius 2 is 2.00 bits per heavy atom. The van der Waals surface area contributed by atoms with E-state index in [-0.39, 0.29) is 24.4 Å². The third-order valence-electron chi connectivity index (χ3n) is 3.53. The van der Waals surface area contributed by atoms with Gasteiger partial charge in [-0.3, -0.25) is 4.79 Å². The molecule has 0 saturated carbocycles. The number of amides is 1. The van der Waals surface area contributed by atoms with E-state index in [0.717, 1.165) is 52.0 Å². The van der Waals surface area contributed by atoms with Gasteiger partial charge in [-0.05, 0) is 32.1 Å². The zero-order chi connectivity index (χ0) is 12.7. The van der Waals surface area contributed by atoms with Crippen molar-refractivity contribution in [1.29, 1.82) is 0 Å². The highest BCUT2D eigenvalue weighted by Gasteiger charge is 2.29. The van der Waals surface area contributed by atoms with Crippen LogP contribution in [0.3, 0.4) is 0 Å². The van der Waals surface area contributed by atoms with Crippen molar-refractivity contribution in [2.45, 2.75) is 45.6 Å². The fourth-order valence-electron chi connectivity index (χ4n) is 2.26. The molecule has 0 bridgehead atoms. The van der Waals surface area contributed by atoms with Crippen LogP contribution in [0.4, 0.5) is 0 Å². The quantitative estimate of drug-likeness (QED) is 0.806. The summed E-state index contributed by atoms with van der Waals surface area (Å²) in [7, 11) is 0. The molecule has 108 valence electrons. The summed E-state index contributed by atoms with van der Waals surface area (Å²) in [6, 6.07) is -0.337. The highest BCUT2D eigenvalue weighted by atomic mass is 35.5. The first kappa shape index (κ1) is 17.7. The van der Waals surface area contributed by atoms with Crippen LogP contribution >= 0.6 is 12.4 Å². The molecule has 4 nitrogen and oxygen atoms in total. The second kappa shape index (κ2) is 9.59. The number of nitrogens with two attached hydrogens (primary N) is 1. The highest BCUT2D eigenvalue weighted by molar-refractivity contribution is 5.85. The van der Waals surface area contributed by atoms with Crippen molar-refractivity contribution in [2.24, 2.45) is 11.7 Å². The van der Waals surface area contributed by atoms with E-state index in [2.05, 4.69) is 6.92 Å². The van der Waals surface area contributed by atoms with Crippen molar-refractivity contribution in [3.8, 4) is 0 Å². The molecular formula is C13H27ClN2O2. The van der Waals surface area contributed by atoms with E-state index in [9.17, 15) is 4.79 Å². The van der Waals surface area contributed by atoms with Gasteiger partial charge in [-0.15, -0.1) is 12.4 Å². The first-order chi connectivity index (χ1) is 8.20. The van der Waals surface area contributed by atoms with Crippen LogP contribution in [-0.2, 0) is 9.53 Å². The van der Waals surface area contributed by atoms with Gasteiger partial charge in [0.1, 0.15) is 0 Å². The molecule has 1 amide bonds. The number of rotatable bonds is 6. The van der Waals surface area contributed by atoms with Gasteiger partial charge in [0.2, 0.25) is 5.91 Å². The van der Waals surface area contributed by atoms with Crippen LogP contribution in [0.2, 0.25) is 0 Å². The Balaban J connectivity index is 0.00000289. The zero-order valence-corrected chi connectivity index (χ0v) is 12.4. The van der Waals surface area contributed by atoms with Gasteiger partial charge in [0.15, 0.2) is 0 Å². The topological polar surface area (TPSA) is 55.6 Å². The number of unbranched alkanes of at least 4 members (excludes halogenated alkanes) is 1. The Morgan fingerprint density at radius 3 is 2.50 bits per heavy atom. The minimum Gasteiger partial charge on any atom is -0.381 e. The highest BCUT2D eigenvalue weighted by Crippen LogP contribution is 2.19. The molecule has 1 fully saturated rings. The molecule has 0 aromatic rings. The normalized spacial score (nSPS) is 17.9. The molecule has 2 N–H and O–H groups in total. The average Bonchev–Trinajstić information content (AvgIpc) is 2.39. The van der Waals surface area contributed by atoms with Crippen LogP contribution in [0.15, 0.2) is 0 Å². The van der Waals surface area contributed by atoms with E-state index >= 15 is 0 Å². The predicted octanol–water partition coefficient (Wildman–Crippen LogP) is 1.81. The molecule has 0 radical (unpaired) electrons. The number of likely N-dealkylation sites (N-methyl/N-ethyl adjacent to an activating group) is 1. The maximum Gasteiger partial charge on any atom is 0.239 e. The summed E-state index contributed by atoms with van der Waals surface area (Å²) in [5, 5.41) is 0. The Labute approximate surface area is 117 Å². The van der Waals surface area contributed by atoms with Crippen LogP contribution < -0.4 is 5.73 Å². The molecular weight excluding hydrogens is 252 g/mol. The van der Waals surface area contributed by atoms with E-state index in [0.29, 0.717) is 5.92 Å². The lowest BCUT2D eigenvalue weighted by molar-refractivity contribution is -0.134. The maximum absolute atomic E-state index is 12.2. The maximum atomic E-state index is 12.2. The van der Waals surface area contributed by atoms with Crippen LogP contribution in [0, 0.1) is 5.92 Å². The van der Waals surface area contributed by atoms with Crippen molar-refractivity contribution < 1.29 is 9.53 Å². The van der Waals surface area contributed by atoms with Crippen LogP contribution in [0.25, 0.3) is 0 Å². The van der Waals surface area contributed by atoms with Crippen molar-refractivity contribution >= 4 is 18.3 Å². The van der Waals surface area contributed by atoms with Gasteiger partial charge in [0, 0.05) is 26.3 Å². The average molecular weight is 279 g/mol. The second-order valence-electron chi connectivity index (χ2n) is 4.75. The monoisotopic (exact) mass is 278 g/mol. The molecule has 1 aliphatic heterocycles. The molecule has 1 unspecified atom stereocenters. The van der Waals surface area contributed by atoms with Crippen LogP contribution in [0.1, 0.15) is 39.5 Å². The molecule has 1 atom stereocenters. The third-order valence-corrected chi connectivity index (χ3v) is 3.53. The Bertz CT molecular complexity index is 233. The Morgan fingerprint density at radius 1 is 1.39 bits per heavy atom. The van der Waals surface area contributed by atoms with Crippen molar-refractivity contribution in [3.05, 3.63) is 0 Å². The fraction of sp³-hybridized carbons (Fsp3) is 0.923. The van der Waals surface area contributed by atoms with Crippen molar-refractivity contribution in [3.63, 3.8) is 0 Å². The number of nitrogens with zero attached hydrogens (tertiary/aromatic N) is 1. The van der Waals surface area contributed by atoms with Crippen LogP contribution in [-0.4, -0.2) is 43.2 Å². The smallest absolute Gasteiger partial charge is 0.239 e. The van der Waals surface area contributed by atoms with E-state index in [1.165, 1.54) is 0 Å². The molecule has 1 heterocycles. The van der Waals surface area contributed by atoms with Gasteiger partial charge in [-0.25, -0.2) is 0 Å². The lowest BCUT2D eigenvalue weighted by Gasteiger charge is -2.31. The summed E-state index contributed by atoms with van der Waals surface area (Å²) < 4.78 is 5.30. The first-order valence-corrected chi connectivity index (χ1v) is 6.82. The first-order valence-electron chi connectivity index (χ1n) is 6.82. The molecule has 0 aromatic heterocycles. The van der Waals surface area contributed by atoms with E-state index in [4.69, 9.17) is 10.5 Å². The largest absolute Gasteiger partial charge is 0.381 e. The van der Waals surface area contributed by atoms with Gasteiger partial charge in [0.05, 0.1) is 6.04 Å². The summed E-state index contributed by atoms with van der Waals surface area (Å²) in [5.74, 6) is 0.416. The second-order valence-corrected chi connectivity index (χ2v) is 4.75. The SMILES string of the molecule is CCCCN(CC)C(=O)C(N)C1CCOCC1.Cl. The van der Waals surface area contributed by atoms with Gasteiger partial charge in [-0.2, -0.15) is 0 Å². The molecule has 5 heteroatoms. The van der Waals surface area contributed by atoms with Crippen molar-refractivity contribution in [2.75, 3.05) is 26.3 Å². The standard InChI is InChI=1S/C13H26N2O2.ClH/c1-3-5-8-15(4-2)13(16)12(14)11-6-9-17-10-7-11;/h11-12H,3-10,14H2,1-2H3;1H. The third kappa shape index (κ3) is 5.12. The molecule has 0 spiro atoms. The lowest BCUT2D eigenvalue weighted by Crippen LogP contribution is -2.49. The van der Waals surface area contributed by atoms with Gasteiger partial charge in [0.25, 0.3) is 0 Å². The van der Waals surface area contributed by atoms with Crippen molar-refractivity contribution in [1.82, 2.24) is 4.90 Å². The van der Waals surface area contributed by atoms with Gasteiger partial charge < -0.3 is 15.4 Å². The molecule has 1 saturated heterocycles. The Hall–Kier alpha value is -0.320. The summed E-state index contributed by atoms with van der Waals surface area (Å²) >= 11 is 0. The molecule has 1 rings (SSSR count). The molecule has 18 heavy (non-hydrogen) atoms. The van der Waals surface area contributed by atoms with Crippen LogP contribution in [0.5, 0.6) is 0 Å². The predicted molar refractivity (Wildman–Crippen MR) is 75.9 cm³/mol. The number of ether oxygens (including phenoxy) is 1. The summed E-state index contributed by atoms with van der Waals surface area (Å²) in [6.45, 7) is 7.24. The summed E-state index contributed by atoms with van der Waals surface area (Å²) in [4.78, 5) is 14.1. The molecule has 0 aromatic carbocycles. The van der Waals surface area contributed by atoms with Gasteiger partial charge in [-0.1, -0.05) is 13.3 Å². The van der Waals surface area contributed by atoms with Gasteiger partial charge >= 0.3 is 0 Å². The number of carbonyl (C=O) groups excluding carboxylic acids is 1. The Kier molecular flexibility index (Phi) is 9.42. The summed E-state index contributed by atoms with van der Waals surface area (Å²) in [5.41, 5.74) is 6.09. The number of carbonyl (C=O) groups is 1. The van der Waals surface area contributed by atoms with E-state index in [1.807, 2.05) is 11.8 Å². The number of hydrogen-bond donors (Lipinski definition) is 1. The fourth-order valence-corrected chi connectivity index (χ4v) is 2.26. The number of hydrogen-bond acceptors (Lipinski definition) is 3. The number of halogens is 1.